The molecule has 0 radical (unpaired) electrons. The summed E-state index contributed by atoms with van der Waals surface area (Å²) in [5, 5.41) is 9.28. The molecule has 0 aliphatic rings. The minimum absolute atomic E-state index is 0.0844. The largest absolute Gasteiger partial charge is 0.508 e. The minimum atomic E-state index is -1.24. The number of nitrogens with zero attached hydrogens (tertiary/aromatic N) is 1. The summed E-state index contributed by atoms with van der Waals surface area (Å²) in [5.41, 5.74) is 0.884. The molecule has 74 valence electrons. The first-order valence-corrected chi connectivity index (χ1v) is 4.14. The van der Waals surface area contributed by atoms with Crippen molar-refractivity contribution in [1.29, 1.82) is 0 Å². The number of rotatable bonds is 3. The number of hydrogen-bond donors (Lipinski definition) is 1. The molecule has 0 fully saturated rings. The molecule has 3 nitrogen and oxygen atoms in total. The van der Waals surface area contributed by atoms with E-state index in [1.54, 1.807) is 6.07 Å². The Hall–Kier alpha value is -1.67. The van der Waals surface area contributed by atoms with Crippen molar-refractivity contribution in [2.24, 2.45) is 4.99 Å². The standard InChI is InChI=1S/C10H10FNO2/c1-7(11)9-4-8(5-12-6-13)2-3-10(9)14/h2-4,7,14H,5H2,1H3. The van der Waals surface area contributed by atoms with Crippen LogP contribution in [0, 0.1) is 0 Å². The normalized spacial score (nSPS) is 11.9. The van der Waals surface area contributed by atoms with Crippen LogP contribution in [0.25, 0.3) is 0 Å². The van der Waals surface area contributed by atoms with Crippen LogP contribution in [-0.4, -0.2) is 11.2 Å². The van der Waals surface area contributed by atoms with Gasteiger partial charge in [0.1, 0.15) is 11.9 Å². The van der Waals surface area contributed by atoms with Gasteiger partial charge in [0, 0.05) is 5.56 Å². The molecular formula is C10H10FNO2. The summed E-state index contributed by atoms with van der Waals surface area (Å²) in [6, 6.07) is 4.46. The van der Waals surface area contributed by atoms with E-state index < -0.39 is 6.17 Å². The Balaban J connectivity index is 2.99. The fraction of sp³-hybridized carbons (Fsp3) is 0.300. The van der Waals surface area contributed by atoms with E-state index in [1.165, 1.54) is 25.1 Å². The monoisotopic (exact) mass is 195 g/mol. The third kappa shape index (κ3) is 2.41. The number of phenols is 1. The van der Waals surface area contributed by atoms with Crippen LogP contribution >= 0.6 is 0 Å². The number of aliphatic imine (C=N–C) groups is 1. The topological polar surface area (TPSA) is 49.7 Å². The van der Waals surface area contributed by atoms with Gasteiger partial charge in [-0.25, -0.2) is 14.2 Å². The van der Waals surface area contributed by atoms with E-state index in [2.05, 4.69) is 4.99 Å². The number of alkyl halides is 1. The highest BCUT2D eigenvalue weighted by atomic mass is 19.1. The second-order valence-corrected chi connectivity index (χ2v) is 2.92. The first-order valence-electron chi connectivity index (χ1n) is 4.14. The van der Waals surface area contributed by atoms with Gasteiger partial charge in [-0.15, -0.1) is 0 Å². The van der Waals surface area contributed by atoms with Crippen molar-refractivity contribution in [2.75, 3.05) is 0 Å². The molecule has 1 rings (SSSR count). The highest BCUT2D eigenvalue weighted by Crippen LogP contribution is 2.27. The lowest BCUT2D eigenvalue weighted by Gasteiger charge is -2.06. The molecule has 0 aromatic heterocycles. The highest BCUT2D eigenvalue weighted by Gasteiger charge is 2.09. The number of hydrogen-bond acceptors (Lipinski definition) is 3. The molecule has 0 aliphatic heterocycles. The summed E-state index contributed by atoms with van der Waals surface area (Å²) >= 11 is 0. The molecule has 1 aromatic carbocycles. The molecule has 1 atom stereocenters. The van der Waals surface area contributed by atoms with E-state index in [0.29, 0.717) is 5.56 Å². The van der Waals surface area contributed by atoms with Crippen LogP contribution in [0.2, 0.25) is 0 Å². The van der Waals surface area contributed by atoms with E-state index in [1.807, 2.05) is 0 Å². The van der Waals surface area contributed by atoms with Crippen LogP contribution < -0.4 is 0 Å². The van der Waals surface area contributed by atoms with Crippen molar-refractivity contribution >= 4 is 6.08 Å². The van der Waals surface area contributed by atoms with Crippen LogP contribution in [0.1, 0.15) is 24.2 Å². The maximum atomic E-state index is 12.9. The molecule has 1 N–H and O–H groups in total. The number of halogens is 1. The quantitative estimate of drug-likeness (QED) is 0.594. The summed E-state index contributed by atoms with van der Waals surface area (Å²) in [5.74, 6) is -0.0844. The third-order valence-corrected chi connectivity index (χ3v) is 1.85. The Bertz CT molecular complexity index is 370. The van der Waals surface area contributed by atoms with Crippen molar-refractivity contribution in [1.82, 2.24) is 0 Å². The van der Waals surface area contributed by atoms with Crippen molar-refractivity contribution in [3.63, 3.8) is 0 Å². The van der Waals surface area contributed by atoms with Crippen molar-refractivity contribution in [2.45, 2.75) is 19.6 Å². The van der Waals surface area contributed by atoms with Crippen LogP contribution in [-0.2, 0) is 11.3 Å². The zero-order valence-electron chi connectivity index (χ0n) is 7.70. The second-order valence-electron chi connectivity index (χ2n) is 2.92. The molecule has 14 heavy (non-hydrogen) atoms. The number of carbonyl (C=O) groups excluding carboxylic acids is 1. The molecule has 0 saturated carbocycles. The van der Waals surface area contributed by atoms with Gasteiger partial charge in [0.05, 0.1) is 6.54 Å². The van der Waals surface area contributed by atoms with Gasteiger partial charge < -0.3 is 5.11 Å². The van der Waals surface area contributed by atoms with Crippen molar-refractivity contribution in [3.05, 3.63) is 29.3 Å². The Morgan fingerprint density at radius 3 is 2.93 bits per heavy atom. The van der Waals surface area contributed by atoms with E-state index in [0.717, 1.165) is 0 Å². The van der Waals surface area contributed by atoms with Gasteiger partial charge in [-0.2, -0.15) is 0 Å². The molecule has 0 heterocycles. The Morgan fingerprint density at radius 2 is 2.36 bits per heavy atom. The minimum Gasteiger partial charge on any atom is -0.508 e. The molecule has 0 spiro atoms. The van der Waals surface area contributed by atoms with Crippen LogP contribution in [0.4, 0.5) is 4.39 Å². The van der Waals surface area contributed by atoms with Crippen LogP contribution in [0.3, 0.4) is 0 Å². The van der Waals surface area contributed by atoms with Gasteiger partial charge >= 0.3 is 0 Å². The fourth-order valence-electron chi connectivity index (χ4n) is 1.14. The first-order chi connectivity index (χ1) is 6.65. The number of phenolic OH excluding ortho intramolecular Hbond substituents is 1. The smallest absolute Gasteiger partial charge is 0.235 e. The third-order valence-electron chi connectivity index (χ3n) is 1.85. The lowest BCUT2D eigenvalue weighted by atomic mass is 10.1. The van der Waals surface area contributed by atoms with E-state index >= 15 is 0 Å². The van der Waals surface area contributed by atoms with Gasteiger partial charge in [0.2, 0.25) is 6.08 Å². The summed E-state index contributed by atoms with van der Waals surface area (Å²) < 4.78 is 12.9. The maximum absolute atomic E-state index is 12.9. The van der Waals surface area contributed by atoms with Gasteiger partial charge in [-0.3, -0.25) is 0 Å². The predicted molar refractivity (Wildman–Crippen MR) is 49.5 cm³/mol. The zero-order chi connectivity index (χ0) is 10.6. The van der Waals surface area contributed by atoms with Crippen LogP contribution in [0.15, 0.2) is 23.2 Å². The lowest BCUT2D eigenvalue weighted by molar-refractivity contribution is 0.356. The average molecular weight is 195 g/mol. The first kappa shape index (κ1) is 10.4. The summed E-state index contributed by atoms with van der Waals surface area (Å²) in [4.78, 5) is 13.2. The van der Waals surface area contributed by atoms with E-state index in [-0.39, 0.29) is 17.9 Å². The molecule has 0 saturated heterocycles. The molecule has 0 bridgehead atoms. The summed E-state index contributed by atoms with van der Waals surface area (Å²) in [7, 11) is 0. The second kappa shape index (κ2) is 4.53. The van der Waals surface area contributed by atoms with Gasteiger partial charge in [-0.1, -0.05) is 6.07 Å². The fourth-order valence-corrected chi connectivity index (χ4v) is 1.14. The Morgan fingerprint density at radius 1 is 1.64 bits per heavy atom. The maximum Gasteiger partial charge on any atom is 0.235 e. The van der Waals surface area contributed by atoms with E-state index in [4.69, 9.17) is 0 Å². The molecule has 4 heteroatoms. The highest BCUT2D eigenvalue weighted by molar-refractivity contribution is 5.39. The predicted octanol–water partition coefficient (Wildman–Crippen LogP) is 2.26. The van der Waals surface area contributed by atoms with E-state index in [9.17, 15) is 14.3 Å². The van der Waals surface area contributed by atoms with Gasteiger partial charge in [0.25, 0.3) is 0 Å². The van der Waals surface area contributed by atoms with Crippen molar-refractivity contribution < 1.29 is 14.3 Å². The Kier molecular flexibility index (Phi) is 3.37. The summed E-state index contributed by atoms with van der Waals surface area (Å²) in [6.07, 6.45) is 0.158. The number of aromatic hydroxyl groups is 1. The van der Waals surface area contributed by atoms with Crippen molar-refractivity contribution in [3.8, 4) is 5.75 Å². The number of isocyanates is 1. The van der Waals surface area contributed by atoms with Gasteiger partial charge in [-0.05, 0) is 24.6 Å². The molecule has 0 aliphatic carbocycles. The SMILES string of the molecule is CC(F)c1cc(CN=C=O)ccc1O. The lowest BCUT2D eigenvalue weighted by Crippen LogP contribution is -1.90. The number of benzene rings is 1. The average Bonchev–Trinajstić information content (AvgIpc) is 2.16. The molecule has 1 unspecified atom stereocenters. The zero-order valence-corrected chi connectivity index (χ0v) is 7.70. The van der Waals surface area contributed by atoms with Gasteiger partial charge in [0.15, 0.2) is 0 Å². The van der Waals surface area contributed by atoms with Crippen LogP contribution in [0.5, 0.6) is 5.75 Å². The molecular weight excluding hydrogens is 185 g/mol. The Labute approximate surface area is 80.9 Å². The summed E-state index contributed by atoms with van der Waals surface area (Å²) in [6.45, 7) is 1.49. The molecule has 0 amide bonds. The molecule has 1 aromatic rings.